The molecular weight excluding hydrogens is 268 g/mol. The van der Waals surface area contributed by atoms with E-state index in [2.05, 4.69) is 4.98 Å². The number of rotatable bonds is 4. The third kappa shape index (κ3) is 2.66. The van der Waals surface area contributed by atoms with Crippen molar-refractivity contribution in [3.05, 3.63) is 33.8 Å². The predicted molar refractivity (Wildman–Crippen MR) is 76.6 cm³/mol. The molecule has 0 spiro atoms. The van der Waals surface area contributed by atoms with E-state index >= 15 is 0 Å². The quantitative estimate of drug-likeness (QED) is 0.936. The number of hydrogen-bond acceptors (Lipinski definition) is 4. The zero-order valence-corrected chi connectivity index (χ0v) is 11.9. The molecule has 1 aromatic heterocycles. The van der Waals surface area contributed by atoms with Crippen LogP contribution >= 0.6 is 22.9 Å². The van der Waals surface area contributed by atoms with Gasteiger partial charge in [-0.2, -0.15) is 0 Å². The van der Waals surface area contributed by atoms with Crippen LogP contribution in [-0.2, 0) is 6.42 Å². The van der Waals surface area contributed by atoms with Crippen molar-refractivity contribution >= 4 is 22.9 Å². The number of aromatic nitrogens is 1. The largest absolute Gasteiger partial charge is 0.496 e. The number of aryl methyl sites for hydroxylation is 1. The van der Waals surface area contributed by atoms with Gasteiger partial charge in [0.2, 0.25) is 0 Å². The van der Waals surface area contributed by atoms with E-state index < -0.39 is 0 Å². The molecule has 0 saturated heterocycles. The highest BCUT2D eigenvalue weighted by Gasteiger charge is 2.13. The third-order valence-corrected chi connectivity index (χ3v) is 4.14. The number of nitrogens with two attached hydrogens (primary N) is 1. The van der Waals surface area contributed by atoms with Crippen LogP contribution < -0.4 is 10.5 Å². The Morgan fingerprint density at radius 3 is 2.89 bits per heavy atom. The Balaban J connectivity index is 2.45. The van der Waals surface area contributed by atoms with E-state index in [9.17, 15) is 0 Å². The van der Waals surface area contributed by atoms with E-state index in [-0.39, 0.29) is 0 Å². The van der Waals surface area contributed by atoms with Crippen LogP contribution in [0.4, 0.5) is 0 Å². The van der Waals surface area contributed by atoms with E-state index in [4.69, 9.17) is 22.1 Å². The molecule has 0 fully saturated rings. The molecule has 2 N–H and O–H groups in total. The summed E-state index contributed by atoms with van der Waals surface area (Å²) in [5.41, 5.74) is 7.60. The van der Waals surface area contributed by atoms with Crippen molar-refractivity contribution < 1.29 is 4.74 Å². The molecule has 18 heavy (non-hydrogen) atoms. The van der Waals surface area contributed by atoms with E-state index in [1.807, 2.05) is 19.1 Å². The smallest absolute Gasteiger partial charge is 0.130 e. The van der Waals surface area contributed by atoms with E-state index in [1.54, 1.807) is 24.5 Å². The fourth-order valence-corrected chi connectivity index (χ4v) is 3.02. The van der Waals surface area contributed by atoms with Crippen LogP contribution in [0.25, 0.3) is 10.6 Å². The molecule has 0 atom stereocenters. The monoisotopic (exact) mass is 282 g/mol. The minimum absolute atomic E-state index is 0.639. The van der Waals surface area contributed by atoms with Crippen LogP contribution in [0.1, 0.15) is 10.6 Å². The van der Waals surface area contributed by atoms with Crippen molar-refractivity contribution in [2.45, 2.75) is 13.3 Å². The van der Waals surface area contributed by atoms with Crippen molar-refractivity contribution in [1.29, 1.82) is 0 Å². The molecule has 0 bridgehead atoms. The lowest BCUT2D eigenvalue weighted by atomic mass is 10.2. The summed E-state index contributed by atoms with van der Waals surface area (Å²) >= 11 is 7.61. The number of methoxy groups -OCH3 is 1. The number of ether oxygens (including phenoxy) is 1. The first-order valence-electron chi connectivity index (χ1n) is 5.66. The van der Waals surface area contributed by atoms with Crippen molar-refractivity contribution in [2.24, 2.45) is 5.73 Å². The van der Waals surface area contributed by atoms with Crippen molar-refractivity contribution in [3.8, 4) is 16.3 Å². The first-order valence-corrected chi connectivity index (χ1v) is 6.85. The lowest BCUT2D eigenvalue weighted by Gasteiger charge is -2.05. The van der Waals surface area contributed by atoms with Gasteiger partial charge in [0, 0.05) is 9.90 Å². The first kappa shape index (κ1) is 13.3. The van der Waals surface area contributed by atoms with E-state index in [1.165, 1.54) is 4.88 Å². The van der Waals surface area contributed by atoms with Gasteiger partial charge in [0.1, 0.15) is 10.8 Å². The van der Waals surface area contributed by atoms with Gasteiger partial charge in [-0.3, -0.25) is 0 Å². The maximum absolute atomic E-state index is 5.96. The molecule has 1 heterocycles. The number of nitrogens with zero attached hydrogens (tertiary/aromatic N) is 1. The molecule has 0 aliphatic carbocycles. The van der Waals surface area contributed by atoms with Crippen LogP contribution in [0.3, 0.4) is 0 Å². The molecule has 2 rings (SSSR count). The van der Waals surface area contributed by atoms with Crippen molar-refractivity contribution in [3.63, 3.8) is 0 Å². The van der Waals surface area contributed by atoms with Crippen LogP contribution in [0.15, 0.2) is 18.2 Å². The SMILES string of the molecule is COc1cc(Cl)ccc1-c1nc(C)c(CCN)s1. The Bertz CT molecular complexity index is 554. The summed E-state index contributed by atoms with van der Waals surface area (Å²) in [5, 5.41) is 1.61. The van der Waals surface area contributed by atoms with Gasteiger partial charge >= 0.3 is 0 Å². The molecule has 0 saturated carbocycles. The van der Waals surface area contributed by atoms with Crippen LogP contribution in [0, 0.1) is 6.92 Å². The van der Waals surface area contributed by atoms with Gasteiger partial charge < -0.3 is 10.5 Å². The Labute approximate surface area is 116 Å². The Hall–Kier alpha value is -1.10. The average molecular weight is 283 g/mol. The molecule has 3 nitrogen and oxygen atoms in total. The maximum atomic E-state index is 5.96. The topological polar surface area (TPSA) is 48.1 Å². The lowest BCUT2D eigenvalue weighted by molar-refractivity contribution is 0.416. The van der Waals surface area contributed by atoms with Gasteiger partial charge in [-0.05, 0) is 38.1 Å². The second-order valence-corrected chi connectivity index (χ2v) is 5.43. The Morgan fingerprint density at radius 1 is 1.44 bits per heavy atom. The fraction of sp³-hybridized carbons (Fsp3) is 0.308. The molecule has 0 unspecified atom stereocenters. The van der Waals surface area contributed by atoms with Gasteiger partial charge in [0.05, 0.1) is 18.4 Å². The van der Waals surface area contributed by atoms with Crippen molar-refractivity contribution in [1.82, 2.24) is 4.98 Å². The fourth-order valence-electron chi connectivity index (χ4n) is 1.75. The standard InChI is InChI=1S/C13H15ClN2OS/c1-8-12(5-6-15)18-13(16-8)10-4-3-9(14)7-11(10)17-2/h3-4,7H,5-6,15H2,1-2H3. The third-order valence-electron chi connectivity index (χ3n) is 2.66. The van der Waals surface area contributed by atoms with Crippen LogP contribution in [0.5, 0.6) is 5.75 Å². The second-order valence-electron chi connectivity index (χ2n) is 3.91. The highest BCUT2D eigenvalue weighted by Crippen LogP contribution is 2.36. The molecule has 0 radical (unpaired) electrons. The number of halogens is 1. The van der Waals surface area contributed by atoms with Gasteiger partial charge in [-0.25, -0.2) is 4.98 Å². The molecule has 0 amide bonds. The zero-order valence-electron chi connectivity index (χ0n) is 10.4. The summed E-state index contributed by atoms with van der Waals surface area (Å²) in [4.78, 5) is 5.80. The number of hydrogen-bond donors (Lipinski definition) is 1. The molecule has 5 heteroatoms. The van der Waals surface area contributed by atoms with Crippen molar-refractivity contribution in [2.75, 3.05) is 13.7 Å². The average Bonchev–Trinajstić information content (AvgIpc) is 2.71. The summed E-state index contributed by atoms with van der Waals surface area (Å²) in [6.07, 6.45) is 0.861. The minimum Gasteiger partial charge on any atom is -0.496 e. The van der Waals surface area contributed by atoms with E-state index in [0.717, 1.165) is 28.4 Å². The zero-order chi connectivity index (χ0) is 13.1. The number of benzene rings is 1. The highest BCUT2D eigenvalue weighted by atomic mass is 35.5. The summed E-state index contributed by atoms with van der Waals surface area (Å²) in [7, 11) is 1.64. The van der Waals surface area contributed by atoms with Gasteiger partial charge in [0.25, 0.3) is 0 Å². The highest BCUT2D eigenvalue weighted by molar-refractivity contribution is 7.15. The summed E-state index contributed by atoms with van der Waals surface area (Å²) < 4.78 is 5.35. The van der Waals surface area contributed by atoms with Crippen LogP contribution in [0.2, 0.25) is 5.02 Å². The Morgan fingerprint density at radius 2 is 2.22 bits per heavy atom. The minimum atomic E-state index is 0.639. The predicted octanol–water partition coefficient (Wildman–Crippen LogP) is 3.28. The first-order chi connectivity index (χ1) is 8.65. The second kappa shape index (κ2) is 5.69. The van der Waals surface area contributed by atoms with Gasteiger partial charge in [0.15, 0.2) is 0 Å². The molecule has 0 aliphatic heterocycles. The summed E-state index contributed by atoms with van der Waals surface area (Å²) in [5.74, 6) is 0.746. The summed E-state index contributed by atoms with van der Waals surface area (Å²) in [6.45, 7) is 2.65. The molecule has 96 valence electrons. The van der Waals surface area contributed by atoms with Crippen LogP contribution in [-0.4, -0.2) is 18.6 Å². The normalized spacial score (nSPS) is 10.7. The lowest BCUT2D eigenvalue weighted by Crippen LogP contribution is -2.01. The van der Waals surface area contributed by atoms with Gasteiger partial charge in [-0.1, -0.05) is 11.6 Å². The Kier molecular flexibility index (Phi) is 4.22. The van der Waals surface area contributed by atoms with Gasteiger partial charge in [-0.15, -0.1) is 11.3 Å². The molecule has 2 aromatic rings. The maximum Gasteiger partial charge on any atom is 0.130 e. The number of thiazole rings is 1. The summed E-state index contributed by atoms with van der Waals surface area (Å²) in [6, 6.07) is 5.58. The molecule has 0 aliphatic rings. The molecular formula is C13H15ClN2OS. The van der Waals surface area contributed by atoms with E-state index in [0.29, 0.717) is 11.6 Å². The molecule has 1 aromatic carbocycles.